The summed E-state index contributed by atoms with van der Waals surface area (Å²) in [5, 5.41) is 6.57. The number of carbonyl (C=O) groups excluding carboxylic acids is 4. The van der Waals surface area contributed by atoms with Gasteiger partial charge in [-0.1, -0.05) is 78.9 Å². The molecule has 1 aliphatic heterocycles. The van der Waals surface area contributed by atoms with Gasteiger partial charge in [-0.25, -0.2) is 9.59 Å². The number of rotatable bonds is 11. The molecule has 0 unspecified atom stereocenters. The van der Waals surface area contributed by atoms with Gasteiger partial charge >= 0.3 is 12.1 Å². The third-order valence-electron chi connectivity index (χ3n) is 8.03. The molecule has 10 nitrogen and oxygen atoms in total. The predicted molar refractivity (Wildman–Crippen MR) is 178 cm³/mol. The Morgan fingerprint density at radius 2 is 1.51 bits per heavy atom. The quantitative estimate of drug-likeness (QED) is 0.197. The summed E-state index contributed by atoms with van der Waals surface area (Å²) in [6.07, 6.45) is 2.52. The number of hydrogen-bond donors (Lipinski definition) is 3. The number of fused-ring (bicyclic) bond motifs is 1. The van der Waals surface area contributed by atoms with Crippen LogP contribution in [-0.2, 0) is 43.3 Å². The fourth-order valence-electron chi connectivity index (χ4n) is 5.80. The summed E-state index contributed by atoms with van der Waals surface area (Å²) in [6.45, 7) is 5.76. The van der Waals surface area contributed by atoms with Gasteiger partial charge in [0.2, 0.25) is 11.8 Å². The molecule has 10 heteroatoms. The molecule has 0 bridgehead atoms. The first-order valence-electron chi connectivity index (χ1n) is 16.0. The lowest BCUT2D eigenvalue weighted by molar-refractivity contribution is -0.163. The molecule has 1 fully saturated rings. The Balaban J connectivity index is 1.39. The van der Waals surface area contributed by atoms with Gasteiger partial charge in [0, 0.05) is 36.5 Å². The lowest BCUT2D eigenvalue weighted by atomic mass is 10.0. The Labute approximate surface area is 274 Å². The van der Waals surface area contributed by atoms with E-state index in [1.54, 1.807) is 20.8 Å². The second-order valence-electron chi connectivity index (χ2n) is 12.8. The first kappa shape index (κ1) is 33.2. The Kier molecular flexibility index (Phi) is 10.6. The van der Waals surface area contributed by atoms with Crippen LogP contribution >= 0.6 is 0 Å². The Morgan fingerprint density at radius 3 is 2.21 bits per heavy atom. The minimum atomic E-state index is -1.04. The molecule has 4 aromatic rings. The van der Waals surface area contributed by atoms with Crippen LogP contribution in [0.5, 0.6) is 0 Å². The molecular formula is C37H42N4O6. The van der Waals surface area contributed by atoms with E-state index in [1.165, 1.54) is 4.90 Å². The molecule has 47 heavy (non-hydrogen) atoms. The van der Waals surface area contributed by atoms with Gasteiger partial charge in [-0.3, -0.25) is 9.59 Å². The predicted octanol–water partition coefficient (Wildman–Crippen LogP) is 5.07. The van der Waals surface area contributed by atoms with Gasteiger partial charge < -0.3 is 30.0 Å². The maximum absolute atomic E-state index is 14.3. The second-order valence-corrected chi connectivity index (χ2v) is 12.8. The van der Waals surface area contributed by atoms with E-state index in [2.05, 4.69) is 15.6 Å². The van der Waals surface area contributed by atoms with Crippen molar-refractivity contribution in [2.45, 2.75) is 76.8 Å². The maximum Gasteiger partial charge on any atom is 0.408 e. The number of H-pyrrole nitrogens is 1. The molecule has 1 saturated heterocycles. The van der Waals surface area contributed by atoms with Crippen molar-refractivity contribution in [1.29, 1.82) is 0 Å². The number of nitrogens with zero attached hydrogens (tertiary/aromatic N) is 1. The number of carbonyl (C=O) groups is 4. The average Bonchev–Trinajstić information content (AvgIpc) is 3.71. The van der Waals surface area contributed by atoms with Crippen LogP contribution in [0.1, 0.15) is 50.3 Å². The smallest absolute Gasteiger partial charge is 0.408 e. The summed E-state index contributed by atoms with van der Waals surface area (Å²) in [7, 11) is 0. The minimum Gasteiger partial charge on any atom is -0.458 e. The van der Waals surface area contributed by atoms with Crippen LogP contribution in [-0.4, -0.2) is 64.0 Å². The van der Waals surface area contributed by atoms with Gasteiger partial charge in [-0.2, -0.15) is 0 Å². The van der Waals surface area contributed by atoms with Crippen molar-refractivity contribution in [3.8, 4) is 0 Å². The van der Waals surface area contributed by atoms with Gasteiger partial charge in [-0.15, -0.1) is 0 Å². The number of aromatic amines is 1. The SMILES string of the molecule is CC(C)(C)OC(=O)[C@@H]1CCCN1C(=O)[C@H](Cc1c[nH]c2ccccc12)NC(=O)[C@@H](Cc1ccccc1)NC(=O)OCc1ccccc1. The highest BCUT2D eigenvalue weighted by Crippen LogP contribution is 2.25. The van der Waals surface area contributed by atoms with Gasteiger partial charge in [0.15, 0.2) is 0 Å². The third-order valence-corrected chi connectivity index (χ3v) is 8.03. The summed E-state index contributed by atoms with van der Waals surface area (Å²) < 4.78 is 11.1. The maximum atomic E-state index is 14.3. The van der Waals surface area contributed by atoms with Crippen LogP contribution in [0, 0.1) is 0 Å². The number of amides is 3. The van der Waals surface area contributed by atoms with Crippen LogP contribution in [0.25, 0.3) is 10.9 Å². The van der Waals surface area contributed by atoms with Crippen LogP contribution in [0.4, 0.5) is 4.79 Å². The molecule has 1 aliphatic rings. The van der Waals surface area contributed by atoms with Gasteiger partial charge in [0.25, 0.3) is 0 Å². The van der Waals surface area contributed by atoms with Crippen molar-refractivity contribution in [1.82, 2.24) is 20.5 Å². The number of likely N-dealkylation sites (tertiary alicyclic amines) is 1. The van der Waals surface area contributed by atoms with E-state index in [4.69, 9.17) is 9.47 Å². The van der Waals surface area contributed by atoms with E-state index in [9.17, 15) is 19.2 Å². The van der Waals surface area contributed by atoms with Crippen LogP contribution < -0.4 is 10.6 Å². The van der Waals surface area contributed by atoms with Gasteiger partial charge in [0.05, 0.1) is 0 Å². The Hall–Kier alpha value is -5.12. The summed E-state index contributed by atoms with van der Waals surface area (Å²) in [6, 6.07) is 23.4. The fourth-order valence-corrected chi connectivity index (χ4v) is 5.80. The lowest BCUT2D eigenvalue weighted by Gasteiger charge is -2.31. The standard InChI is InChI=1S/C37H42N4O6/c1-37(2,3)47-35(44)32-19-12-20-41(32)34(43)31(22-27-23-38-29-18-11-10-17-28(27)29)39-33(42)30(21-25-13-6-4-7-14-25)40-36(45)46-24-26-15-8-5-9-16-26/h4-11,13-18,23,30-32,38H,12,19-22,24H2,1-3H3,(H,39,42)(H,40,45)/t30-,31+,32+/m1/s1. The highest BCUT2D eigenvalue weighted by Gasteiger charge is 2.40. The molecule has 3 atom stereocenters. The largest absolute Gasteiger partial charge is 0.458 e. The van der Waals surface area contributed by atoms with Crippen molar-refractivity contribution in [2.24, 2.45) is 0 Å². The zero-order valence-electron chi connectivity index (χ0n) is 27.0. The summed E-state index contributed by atoms with van der Waals surface area (Å²) in [4.78, 5) is 59.1. The molecule has 3 aromatic carbocycles. The van der Waals surface area contributed by atoms with Crippen LogP contribution in [0.2, 0.25) is 0 Å². The molecule has 0 saturated carbocycles. The van der Waals surface area contributed by atoms with Crippen molar-refractivity contribution < 1.29 is 28.7 Å². The third kappa shape index (κ3) is 9.00. The van der Waals surface area contributed by atoms with E-state index in [0.29, 0.717) is 19.4 Å². The highest BCUT2D eigenvalue weighted by atomic mass is 16.6. The number of alkyl carbamates (subject to hydrolysis) is 1. The number of aromatic nitrogens is 1. The zero-order chi connectivity index (χ0) is 33.4. The molecule has 0 aliphatic carbocycles. The van der Waals surface area contributed by atoms with Crippen molar-refractivity contribution in [3.63, 3.8) is 0 Å². The number of hydrogen-bond acceptors (Lipinski definition) is 6. The van der Waals surface area contributed by atoms with Gasteiger partial charge in [0.1, 0.15) is 30.3 Å². The normalized spacial score (nSPS) is 15.9. The Morgan fingerprint density at radius 1 is 0.851 bits per heavy atom. The first-order chi connectivity index (χ1) is 22.6. The molecule has 246 valence electrons. The minimum absolute atomic E-state index is 0.0367. The monoisotopic (exact) mass is 638 g/mol. The lowest BCUT2D eigenvalue weighted by Crippen LogP contribution is -2.57. The topological polar surface area (TPSA) is 130 Å². The van der Waals surface area contributed by atoms with E-state index < -0.39 is 41.7 Å². The summed E-state index contributed by atoms with van der Waals surface area (Å²) in [5.41, 5.74) is 2.65. The van der Waals surface area contributed by atoms with E-state index in [0.717, 1.165) is 27.6 Å². The van der Waals surface area contributed by atoms with Crippen molar-refractivity contribution in [2.75, 3.05) is 6.54 Å². The molecule has 0 spiro atoms. The van der Waals surface area contributed by atoms with Crippen LogP contribution in [0.3, 0.4) is 0 Å². The van der Waals surface area contributed by atoms with Crippen molar-refractivity contribution >= 4 is 34.8 Å². The molecule has 3 amide bonds. The fraction of sp³-hybridized carbons (Fsp3) is 0.351. The zero-order valence-corrected chi connectivity index (χ0v) is 27.0. The molecule has 2 heterocycles. The number of nitrogens with one attached hydrogen (secondary N) is 3. The first-order valence-corrected chi connectivity index (χ1v) is 16.0. The molecule has 1 aromatic heterocycles. The number of benzene rings is 3. The second kappa shape index (κ2) is 15.0. The molecular weight excluding hydrogens is 596 g/mol. The number of para-hydroxylation sites is 1. The van der Waals surface area contributed by atoms with E-state index >= 15 is 0 Å². The molecule has 0 radical (unpaired) electrons. The summed E-state index contributed by atoms with van der Waals surface area (Å²) in [5.74, 6) is -1.40. The highest BCUT2D eigenvalue weighted by molar-refractivity contribution is 5.94. The number of esters is 1. The molecule has 5 rings (SSSR count). The number of ether oxygens (including phenoxy) is 2. The van der Waals surface area contributed by atoms with Gasteiger partial charge in [-0.05, 0) is 56.4 Å². The van der Waals surface area contributed by atoms with Crippen molar-refractivity contribution in [3.05, 3.63) is 108 Å². The average molecular weight is 639 g/mol. The molecule has 3 N–H and O–H groups in total. The van der Waals surface area contributed by atoms with Crippen LogP contribution in [0.15, 0.2) is 91.1 Å². The van der Waals surface area contributed by atoms with E-state index in [-0.39, 0.29) is 25.4 Å². The summed E-state index contributed by atoms with van der Waals surface area (Å²) >= 11 is 0. The Bertz CT molecular complexity index is 1680. The van der Waals surface area contributed by atoms with E-state index in [1.807, 2.05) is 91.1 Å².